The number of carbonyl (C=O) groups excluding carboxylic acids is 1. The molecule has 0 saturated carbocycles. The van der Waals surface area contributed by atoms with Crippen molar-refractivity contribution in [3.63, 3.8) is 0 Å². The summed E-state index contributed by atoms with van der Waals surface area (Å²) in [5.41, 5.74) is 4.57. The van der Waals surface area contributed by atoms with Crippen molar-refractivity contribution in [1.29, 1.82) is 0 Å². The highest BCUT2D eigenvalue weighted by Crippen LogP contribution is 2.14. The number of hydrogen-bond acceptors (Lipinski definition) is 3. The van der Waals surface area contributed by atoms with Gasteiger partial charge in [0.25, 0.3) is 0 Å². The van der Waals surface area contributed by atoms with Crippen molar-refractivity contribution in [2.45, 2.75) is 32.6 Å². The Morgan fingerprint density at radius 1 is 1.39 bits per heavy atom. The summed E-state index contributed by atoms with van der Waals surface area (Å²) in [5, 5.41) is 0. The summed E-state index contributed by atoms with van der Waals surface area (Å²) >= 11 is 0. The molecule has 3 nitrogen and oxygen atoms in total. The molecule has 1 aromatic carbocycles. The fourth-order valence-electron chi connectivity index (χ4n) is 2.93. The summed E-state index contributed by atoms with van der Waals surface area (Å²) in [6.45, 7) is 7.74. The quantitative estimate of drug-likeness (QED) is 0.482. The standard InChI is InChI=1S/C18H24FNO2Si/c1-15-10-20(11-16(2)22-15)14-23(3,13-19)8-7-17-5-4-6-18(9-17)12-21/h4-6,9,12,15-16H,10-11,13-14H2,1-3H3/t15-,16+,23?. The van der Waals surface area contributed by atoms with Crippen LogP contribution in [0, 0.1) is 11.5 Å². The van der Waals surface area contributed by atoms with E-state index in [0.29, 0.717) is 11.7 Å². The van der Waals surface area contributed by atoms with Crippen LogP contribution >= 0.6 is 0 Å². The highest BCUT2D eigenvalue weighted by molar-refractivity contribution is 6.86. The van der Waals surface area contributed by atoms with Crippen LogP contribution in [-0.2, 0) is 4.74 Å². The van der Waals surface area contributed by atoms with Gasteiger partial charge in [0.05, 0.1) is 18.5 Å². The van der Waals surface area contributed by atoms with Crippen molar-refractivity contribution in [2.75, 3.05) is 25.6 Å². The first-order valence-corrected chi connectivity index (χ1v) is 10.9. The van der Waals surface area contributed by atoms with Crippen LogP contribution in [0.5, 0.6) is 0 Å². The van der Waals surface area contributed by atoms with Crippen LogP contribution in [0.4, 0.5) is 4.39 Å². The molecule has 0 bridgehead atoms. The van der Waals surface area contributed by atoms with E-state index in [1.165, 1.54) is 0 Å². The van der Waals surface area contributed by atoms with Gasteiger partial charge in [-0.3, -0.25) is 14.1 Å². The Balaban J connectivity index is 2.11. The first-order valence-electron chi connectivity index (χ1n) is 7.96. The fraction of sp³-hybridized carbons (Fsp3) is 0.500. The fourth-order valence-corrected chi connectivity index (χ4v) is 4.86. The number of alkyl halides is 1. The van der Waals surface area contributed by atoms with E-state index in [0.717, 1.165) is 24.9 Å². The van der Waals surface area contributed by atoms with Gasteiger partial charge < -0.3 is 4.74 Å². The van der Waals surface area contributed by atoms with Crippen molar-refractivity contribution >= 4 is 14.4 Å². The molecular formula is C18H24FNO2Si. The predicted octanol–water partition coefficient (Wildman–Crippen LogP) is 2.63. The highest BCUT2D eigenvalue weighted by atomic mass is 28.3. The molecule has 1 heterocycles. The predicted molar refractivity (Wildman–Crippen MR) is 92.7 cm³/mol. The highest BCUT2D eigenvalue weighted by Gasteiger charge is 2.32. The number of ether oxygens (including phenoxy) is 1. The molecule has 1 aliphatic rings. The van der Waals surface area contributed by atoms with Gasteiger partial charge in [-0.25, -0.2) is 0 Å². The lowest BCUT2D eigenvalue weighted by Crippen LogP contribution is -2.53. The Morgan fingerprint density at radius 3 is 2.70 bits per heavy atom. The summed E-state index contributed by atoms with van der Waals surface area (Å²) < 4.78 is 19.4. The topological polar surface area (TPSA) is 29.5 Å². The number of hydrogen-bond donors (Lipinski definition) is 0. The minimum atomic E-state index is -2.33. The molecule has 0 N–H and O–H groups in total. The Labute approximate surface area is 138 Å². The van der Waals surface area contributed by atoms with E-state index in [2.05, 4.69) is 16.4 Å². The summed E-state index contributed by atoms with van der Waals surface area (Å²) in [5.74, 6) is 3.08. The molecule has 0 aromatic heterocycles. The van der Waals surface area contributed by atoms with E-state index in [9.17, 15) is 9.18 Å². The first kappa shape index (κ1) is 17.9. The number of aldehydes is 1. The molecule has 0 aliphatic carbocycles. The van der Waals surface area contributed by atoms with E-state index in [4.69, 9.17) is 4.74 Å². The number of halogens is 1. The molecule has 124 valence electrons. The van der Waals surface area contributed by atoms with Gasteiger partial charge in [0.15, 0.2) is 8.07 Å². The molecule has 3 atom stereocenters. The van der Waals surface area contributed by atoms with Crippen molar-refractivity contribution in [3.8, 4) is 11.5 Å². The first-order chi connectivity index (χ1) is 10.9. The second-order valence-electron chi connectivity index (χ2n) is 6.64. The van der Waals surface area contributed by atoms with E-state index >= 15 is 0 Å². The molecule has 2 rings (SSSR count). The lowest BCUT2D eigenvalue weighted by Gasteiger charge is -2.37. The van der Waals surface area contributed by atoms with Gasteiger partial charge in [0.1, 0.15) is 6.29 Å². The summed E-state index contributed by atoms with van der Waals surface area (Å²) in [4.78, 5) is 13.1. The Kier molecular flexibility index (Phi) is 6.11. The number of benzene rings is 1. The SMILES string of the molecule is C[C@@H]1CN(C[Si](C)(C#Cc2cccc(C=O)c2)CF)C[C@H](C)O1. The average molecular weight is 333 g/mol. The van der Waals surface area contributed by atoms with Crippen molar-refractivity contribution < 1.29 is 13.9 Å². The molecule has 0 spiro atoms. The smallest absolute Gasteiger partial charge is 0.182 e. The number of nitrogens with zero attached hydrogens (tertiary/aromatic N) is 1. The maximum absolute atomic E-state index is 13.7. The average Bonchev–Trinajstić information content (AvgIpc) is 2.52. The van der Waals surface area contributed by atoms with Gasteiger partial charge in [-0.1, -0.05) is 24.6 Å². The monoisotopic (exact) mass is 333 g/mol. The van der Waals surface area contributed by atoms with Crippen LogP contribution in [0.1, 0.15) is 29.8 Å². The van der Waals surface area contributed by atoms with E-state index in [-0.39, 0.29) is 18.5 Å². The second-order valence-corrected chi connectivity index (χ2v) is 10.6. The molecule has 0 amide bonds. The maximum Gasteiger partial charge on any atom is 0.182 e. The van der Waals surface area contributed by atoms with E-state index in [1.54, 1.807) is 18.2 Å². The third kappa shape index (κ3) is 5.28. The zero-order chi connectivity index (χ0) is 16.9. The lowest BCUT2D eigenvalue weighted by molar-refractivity contribution is -0.0633. The van der Waals surface area contributed by atoms with Crippen LogP contribution < -0.4 is 0 Å². The molecule has 1 aromatic rings. The van der Waals surface area contributed by atoms with Crippen molar-refractivity contribution in [2.24, 2.45) is 0 Å². The maximum atomic E-state index is 13.7. The normalized spacial score (nSPS) is 24.3. The molecule has 1 fully saturated rings. The summed E-state index contributed by atoms with van der Waals surface area (Å²) in [7, 11) is -2.33. The van der Waals surface area contributed by atoms with E-state index in [1.807, 2.05) is 26.5 Å². The van der Waals surface area contributed by atoms with E-state index < -0.39 is 8.07 Å². The number of morpholine rings is 1. The van der Waals surface area contributed by atoms with Crippen molar-refractivity contribution in [1.82, 2.24) is 4.90 Å². The number of rotatable bonds is 4. The molecular weight excluding hydrogens is 309 g/mol. The van der Waals surface area contributed by atoms with Crippen LogP contribution in [0.25, 0.3) is 0 Å². The lowest BCUT2D eigenvalue weighted by atomic mass is 10.1. The molecule has 5 heteroatoms. The minimum Gasteiger partial charge on any atom is -0.373 e. The van der Waals surface area contributed by atoms with Crippen LogP contribution in [0.2, 0.25) is 6.55 Å². The minimum absolute atomic E-state index is 0.175. The Bertz CT molecular complexity index is 603. The molecule has 23 heavy (non-hydrogen) atoms. The van der Waals surface area contributed by atoms with Crippen LogP contribution in [0.15, 0.2) is 24.3 Å². The number of carbonyl (C=O) groups is 1. The van der Waals surface area contributed by atoms with Gasteiger partial charge in [0, 0.05) is 30.4 Å². The molecule has 1 aliphatic heterocycles. The van der Waals surface area contributed by atoms with Gasteiger partial charge >= 0.3 is 0 Å². The molecule has 1 saturated heterocycles. The zero-order valence-electron chi connectivity index (χ0n) is 14.0. The van der Waals surface area contributed by atoms with Crippen molar-refractivity contribution in [3.05, 3.63) is 35.4 Å². The van der Waals surface area contributed by atoms with Crippen LogP contribution in [0.3, 0.4) is 0 Å². The van der Waals surface area contributed by atoms with Gasteiger partial charge in [-0.2, -0.15) is 0 Å². The largest absolute Gasteiger partial charge is 0.373 e. The third-order valence-electron chi connectivity index (χ3n) is 3.89. The third-order valence-corrected chi connectivity index (χ3v) is 6.36. The summed E-state index contributed by atoms with van der Waals surface area (Å²) in [6.07, 6.45) is 1.49. The molecule has 0 radical (unpaired) electrons. The van der Waals surface area contributed by atoms with Gasteiger partial charge in [0.2, 0.25) is 0 Å². The Morgan fingerprint density at radius 2 is 2.09 bits per heavy atom. The molecule has 1 unspecified atom stereocenters. The second kappa shape index (κ2) is 7.87. The van der Waals surface area contributed by atoms with Gasteiger partial charge in [-0.05, 0) is 26.0 Å². The summed E-state index contributed by atoms with van der Waals surface area (Å²) in [6, 6.07) is 7.13. The van der Waals surface area contributed by atoms with Crippen LogP contribution in [-0.4, -0.2) is 57.0 Å². The zero-order valence-corrected chi connectivity index (χ0v) is 15.0. The van der Waals surface area contributed by atoms with Gasteiger partial charge in [-0.15, -0.1) is 5.54 Å². The Hall–Kier alpha value is -1.48.